The lowest BCUT2D eigenvalue weighted by Gasteiger charge is -2.36. The van der Waals surface area contributed by atoms with Crippen LogP contribution in [0.3, 0.4) is 0 Å². The van der Waals surface area contributed by atoms with E-state index in [1.165, 1.54) is 39.2 Å². The molecule has 2 heterocycles. The highest BCUT2D eigenvalue weighted by molar-refractivity contribution is 8.16. The highest BCUT2D eigenvalue weighted by atomic mass is 32.2. The first-order chi connectivity index (χ1) is 25.2. The van der Waals surface area contributed by atoms with E-state index in [0.717, 1.165) is 16.8 Å². The summed E-state index contributed by atoms with van der Waals surface area (Å²) < 4.78 is 50.3. The van der Waals surface area contributed by atoms with E-state index in [1.54, 1.807) is 60.9 Å². The smallest absolute Gasteiger partial charge is 0.203 e. The lowest BCUT2D eigenvalue weighted by Crippen LogP contribution is -2.35. The number of ketones is 1. The molecule has 0 saturated heterocycles. The zero-order valence-corrected chi connectivity index (χ0v) is 31.6. The van der Waals surface area contributed by atoms with Crippen LogP contribution in [0.15, 0.2) is 75.9 Å². The highest BCUT2D eigenvalue weighted by Gasteiger charge is 2.39. The largest absolute Gasteiger partial charge is 0.493 e. The van der Waals surface area contributed by atoms with Crippen molar-refractivity contribution in [2.45, 2.75) is 13.0 Å². The third kappa shape index (κ3) is 7.22. The Morgan fingerprint density at radius 2 is 1.04 bits per heavy atom. The van der Waals surface area contributed by atoms with Crippen LogP contribution in [0.1, 0.15) is 29.7 Å². The summed E-state index contributed by atoms with van der Waals surface area (Å²) in [5, 5.41) is 2.70. The van der Waals surface area contributed by atoms with Crippen molar-refractivity contribution in [3.63, 3.8) is 0 Å². The summed E-state index contributed by atoms with van der Waals surface area (Å²) in [4.78, 5) is 21.7. The number of benzene rings is 3. The van der Waals surface area contributed by atoms with Gasteiger partial charge in [-0.2, -0.15) is 0 Å². The molecule has 2 aliphatic heterocycles. The van der Waals surface area contributed by atoms with E-state index < -0.39 is 6.04 Å². The van der Waals surface area contributed by atoms with E-state index in [0.29, 0.717) is 73.7 Å². The minimum absolute atomic E-state index is 0.287. The number of methoxy groups -OCH3 is 9. The van der Waals surface area contributed by atoms with E-state index >= 15 is 0 Å². The number of amidine groups is 1. The summed E-state index contributed by atoms with van der Waals surface area (Å²) >= 11 is 1.47. The van der Waals surface area contributed by atoms with Gasteiger partial charge in [0.2, 0.25) is 17.2 Å². The van der Waals surface area contributed by atoms with Crippen molar-refractivity contribution in [2.24, 2.45) is 4.99 Å². The number of rotatable bonds is 15. The minimum atomic E-state index is -0.635. The van der Waals surface area contributed by atoms with E-state index in [9.17, 15) is 4.79 Å². The first kappa shape index (κ1) is 37.6. The number of ether oxygens (including phenoxy) is 9. The number of carbonyl (C=O) groups is 1. The fourth-order valence-corrected chi connectivity index (χ4v) is 6.93. The molecule has 5 rings (SSSR count). The highest BCUT2D eigenvalue weighted by Crippen LogP contribution is 2.48. The molecule has 0 fully saturated rings. The summed E-state index contributed by atoms with van der Waals surface area (Å²) in [5.74, 6) is 3.85. The van der Waals surface area contributed by atoms with Crippen molar-refractivity contribution in [2.75, 3.05) is 64.0 Å². The maximum absolute atomic E-state index is 14.7. The Hall–Kier alpha value is -5.69. The van der Waals surface area contributed by atoms with Gasteiger partial charge in [0.05, 0.1) is 81.3 Å². The molecule has 2 aliphatic rings. The molecular weight excluding hydrogens is 689 g/mol. The minimum Gasteiger partial charge on any atom is -0.493 e. The van der Waals surface area contributed by atoms with Gasteiger partial charge in [-0.25, -0.2) is 4.99 Å². The van der Waals surface area contributed by atoms with Gasteiger partial charge in [0.15, 0.2) is 45.4 Å². The Balaban J connectivity index is 1.74. The van der Waals surface area contributed by atoms with Crippen LogP contribution in [0.2, 0.25) is 0 Å². The Labute approximate surface area is 307 Å². The first-order valence-corrected chi connectivity index (χ1v) is 16.8. The van der Waals surface area contributed by atoms with Crippen molar-refractivity contribution in [1.82, 2.24) is 4.90 Å². The van der Waals surface area contributed by atoms with Crippen LogP contribution < -0.4 is 42.6 Å². The van der Waals surface area contributed by atoms with Gasteiger partial charge >= 0.3 is 0 Å². The van der Waals surface area contributed by atoms with Crippen molar-refractivity contribution in [3.8, 4) is 51.7 Å². The lowest BCUT2D eigenvalue weighted by atomic mass is 9.89. The fourth-order valence-electron chi connectivity index (χ4n) is 6.02. The van der Waals surface area contributed by atoms with Crippen molar-refractivity contribution >= 4 is 34.9 Å². The topological polar surface area (TPSA) is 116 Å². The molecule has 0 N–H and O–H groups in total. The molecule has 0 spiro atoms. The second kappa shape index (κ2) is 16.6. The van der Waals surface area contributed by atoms with E-state index in [4.69, 9.17) is 47.6 Å². The molecule has 0 radical (unpaired) electrons. The molecule has 0 saturated carbocycles. The number of thioether (sulfide) groups is 1. The molecule has 0 aromatic heterocycles. The molecule has 3 aromatic carbocycles. The summed E-state index contributed by atoms with van der Waals surface area (Å²) in [7, 11) is 13.9. The molecule has 12 nitrogen and oxygen atoms in total. The molecule has 1 atom stereocenters. The zero-order chi connectivity index (χ0) is 37.5. The van der Waals surface area contributed by atoms with Gasteiger partial charge < -0.3 is 47.5 Å². The number of allylic oxidation sites excluding steroid dienone is 3. The van der Waals surface area contributed by atoms with Crippen molar-refractivity contribution < 1.29 is 47.4 Å². The molecule has 3 aromatic rings. The second-order valence-electron chi connectivity index (χ2n) is 11.2. The molecule has 52 heavy (non-hydrogen) atoms. The van der Waals surface area contributed by atoms with Crippen molar-refractivity contribution in [1.29, 1.82) is 0 Å². The maximum atomic E-state index is 14.7. The van der Waals surface area contributed by atoms with Crippen LogP contribution in [-0.2, 0) is 4.79 Å². The van der Waals surface area contributed by atoms with E-state index in [2.05, 4.69) is 0 Å². The van der Waals surface area contributed by atoms with E-state index in [-0.39, 0.29) is 5.78 Å². The molecule has 0 amide bonds. The SMILES string of the molecule is COc1cc(/C=C\C2=C(C(=O)/C=C/c3cc(OC)c(OC)c(OC)c3)C(c3cc(OC)c(OC)c(OC)c3)N3C(C)=CSC3=N2)cc(OC)c1OC. The van der Waals surface area contributed by atoms with Crippen LogP contribution >= 0.6 is 11.8 Å². The monoisotopic (exact) mass is 730 g/mol. The molecule has 274 valence electrons. The third-order valence-electron chi connectivity index (χ3n) is 8.45. The zero-order valence-electron chi connectivity index (χ0n) is 30.8. The standard InChI is InChI=1S/C39H42N2O10S/c1-22-21-52-39-40-26(13-11-23-15-28(43-2)36(49-8)29(16-23)44-3)34(27(42)14-12-24-17-30(45-4)37(50-9)31(18-24)46-5)35(41(22)39)25-19-32(47-6)38(51-10)33(20-25)48-7/h11-21,35H,1-10H3/b13-11-,14-12+. The quantitative estimate of drug-likeness (QED) is 0.146. The Morgan fingerprint density at radius 1 is 0.615 bits per heavy atom. The molecule has 0 bridgehead atoms. The van der Waals surface area contributed by atoms with Crippen LogP contribution in [0.25, 0.3) is 12.2 Å². The lowest BCUT2D eigenvalue weighted by molar-refractivity contribution is -0.111. The Bertz CT molecular complexity index is 1920. The van der Waals surface area contributed by atoms with Gasteiger partial charge in [-0.3, -0.25) is 4.79 Å². The summed E-state index contributed by atoms with van der Waals surface area (Å²) in [6, 6.07) is 10.2. The summed E-state index contributed by atoms with van der Waals surface area (Å²) in [6.07, 6.45) is 6.87. The molecule has 13 heteroatoms. The predicted octanol–water partition coefficient (Wildman–Crippen LogP) is 7.33. The second-order valence-corrected chi connectivity index (χ2v) is 12.1. The van der Waals surface area contributed by atoms with Gasteiger partial charge in [0, 0.05) is 5.70 Å². The average molecular weight is 731 g/mol. The van der Waals surface area contributed by atoms with Crippen LogP contribution in [0.4, 0.5) is 0 Å². The van der Waals surface area contributed by atoms with Gasteiger partial charge in [-0.15, -0.1) is 0 Å². The fraction of sp³-hybridized carbons (Fsp3) is 0.282. The van der Waals surface area contributed by atoms with Gasteiger partial charge in [-0.1, -0.05) is 23.9 Å². The van der Waals surface area contributed by atoms with Crippen LogP contribution in [0, 0.1) is 0 Å². The number of nitrogens with zero attached hydrogens (tertiary/aromatic N) is 2. The number of hydrogen-bond acceptors (Lipinski definition) is 13. The van der Waals surface area contributed by atoms with Crippen LogP contribution in [-0.4, -0.2) is 79.8 Å². The van der Waals surface area contributed by atoms with Crippen LogP contribution in [0.5, 0.6) is 51.7 Å². The van der Waals surface area contributed by atoms with E-state index in [1.807, 2.05) is 53.6 Å². The predicted molar refractivity (Wildman–Crippen MR) is 202 cm³/mol. The first-order valence-electron chi connectivity index (χ1n) is 16.0. The number of aliphatic imine (C=N–C) groups is 1. The number of carbonyl (C=O) groups excluding carboxylic acids is 1. The van der Waals surface area contributed by atoms with Gasteiger partial charge in [0.25, 0.3) is 0 Å². The number of hydrogen-bond donors (Lipinski definition) is 0. The summed E-state index contributed by atoms with van der Waals surface area (Å²) in [5.41, 5.74) is 3.89. The maximum Gasteiger partial charge on any atom is 0.203 e. The van der Waals surface area contributed by atoms with Gasteiger partial charge in [0.1, 0.15) is 0 Å². The normalized spacial score (nSPS) is 15.3. The third-order valence-corrected chi connectivity index (χ3v) is 9.41. The van der Waals surface area contributed by atoms with Crippen molar-refractivity contribution in [3.05, 3.63) is 87.6 Å². The number of fused-ring (bicyclic) bond motifs is 1. The Kier molecular flexibility index (Phi) is 12.0. The molecule has 1 unspecified atom stereocenters. The molecular formula is C39H42N2O10S. The summed E-state index contributed by atoms with van der Waals surface area (Å²) in [6.45, 7) is 1.98. The molecule has 0 aliphatic carbocycles. The van der Waals surface area contributed by atoms with Gasteiger partial charge in [-0.05, 0) is 77.6 Å². The average Bonchev–Trinajstić information content (AvgIpc) is 3.55. The Morgan fingerprint density at radius 3 is 1.46 bits per heavy atom.